The van der Waals surface area contributed by atoms with E-state index in [1.54, 1.807) is 0 Å². The van der Waals surface area contributed by atoms with Crippen molar-refractivity contribution in [1.82, 2.24) is 5.32 Å². The Morgan fingerprint density at radius 2 is 1.88 bits per heavy atom. The lowest BCUT2D eigenvalue weighted by molar-refractivity contribution is 0.635. The fraction of sp³-hybridized carbons (Fsp3) is 0.538. The summed E-state index contributed by atoms with van der Waals surface area (Å²) in [5.74, 6) is 1.22. The zero-order chi connectivity index (χ0) is 11.6. The molecule has 16 heavy (non-hydrogen) atoms. The SMILES string of the molecule is CCCNCCCCSc1ccc(Br)cc1. The monoisotopic (exact) mass is 301 g/mol. The highest BCUT2D eigenvalue weighted by Gasteiger charge is 1.94. The molecule has 0 aliphatic heterocycles. The molecule has 1 aromatic rings. The highest BCUT2D eigenvalue weighted by atomic mass is 79.9. The Kier molecular flexibility index (Phi) is 7.99. The third kappa shape index (κ3) is 6.56. The van der Waals surface area contributed by atoms with Crippen molar-refractivity contribution >= 4 is 27.7 Å². The summed E-state index contributed by atoms with van der Waals surface area (Å²) >= 11 is 5.39. The Bertz CT molecular complexity index is 274. The number of hydrogen-bond donors (Lipinski definition) is 1. The van der Waals surface area contributed by atoms with Gasteiger partial charge < -0.3 is 5.32 Å². The quantitative estimate of drug-likeness (QED) is 0.567. The van der Waals surface area contributed by atoms with Crippen LogP contribution in [0.5, 0.6) is 0 Å². The fourth-order valence-electron chi connectivity index (χ4n) is 1.37. The van der Waals surface area contributed by atoms with E-state index < -0.39 is 0 Å². The van der Waals surface area contributed by atoms with Crippen LogP contribution in [0.2, 0.25) is 0 Å². The van der Waals surface area contributed by atoms with Crippen LogP contribution in [-0.4, -0.2) is 18.8 Å². The van der Waals surface area contributed by atoms with Crippen LogP contribution in [0.25, 0.3) is 0 Å². The lowest BCUT2D eigenvalue weighted by Gasteiger charge is -2.03. The van der Waals surface area contributed by atoms with Gasteiger partial charge in [-0.3, -0.25) is 0 Å². The number of unbranched alkanes of at least 4 members (excludes halogenated alkanes) is 1. The molecule has 0 fully saturated rings. The van der Waals surface area contributed by atoms with Crippen molar-refractivity contribution in [2.75, 3.05) is 18.8 Å². The summed E-state index contributed by atoms with van der Waals surface area (Å²) in [5, 5.41) is 3.43. The lowest BCUT2D eigenvalue weighted by Crippen LogP contribution is -2.15. The average molecular weight is 302 g/mol. The van der Waals surface area contributed by atoms with E-state index in [1.807, 2.05) is 11.8 Å². The van der Waals surface area contributed by atoms with Crippen LogP contribution < -0.4 is 5.32 Å². The molecule has 0 radical (unpaired) electrons. The van der Waals surface area contributed by atoms with Crippen molar-refractivity contribution in [2.45, 2.75) is 31.1 Å². The smallest absolute Gasteiger partial charge is 0.0176 e. The summed E-state index contributed by atoms with van der Waals surface area (Å²) in [7, 11) is 0. The van der Waals surface area contributed by atoms with Gasteiger partial charge in [-0.1, -0.05) is 22.9 Å². The third-order valence-electron chi connectivity index (χ3n) is 2.26. The Morgan fingerprint density at radius 3 is 2.56 bits per heavy atom. The predicted octanol–water partition coefficient (Wildman–Crippen LogP) is 4.32. The number of nitrogens with one attached hydrogen (secondary N) is 1. The molecule has 1 aromatic carbocycles. The summed E-state index contributed by atoms with van der Waals surface area (Å²) in [5.41, 5.74) is 0. The highest BCUT2D eigenvalue weighted by molar-refractivity contribution is 9.10. The van der Waals surface area contributed by atoms with E-state index in [0.29, 0.717) is 0 Å². The van der Waals surface area contributed by atoms with Crippen LogP contribution >= 0.6 is 27.7 Å². The fourth-order valence-corrected chi connectivity index (χ4v) is 2.55. The van der Waals surface area contributed by atoms with Crippen LogP contribution in [-0.2, 0) is 0 Å². The van der Waals surface area contributed by atoms with E-state index in [1.165, 1.54) is 29.9 Å². The van der Waals surface area contributed by atoms with Gasteiger partial charge in [0.05, 0.1) is 0 Å². The average Bonchev–Trinajstić information content (AvgIpc) is 2.30. The van der Waals surface area contributed by atoms with Gasteiger partial charge in [0.2, 0.25) is 0 Å². The molecule has 1 nitrogen and oxygen atoms in total. The van der Waals surface area contributed by atoms with E-state index in [2.05, 4.69) is 52.4 Å². The summed E-state index contributed by atoms with van der Waals surface area (Å²) in [6, 6.07) is 8.55. The molecule has 0 heterocycles. The molecular formula is C13H20BrNS. The highest BCUT2D eigenvalue weighted by Crippen LogP contribution is 2.21. The van der Waals surface area contributed by atoms with Crippen molar-refractivity contribution in [3.8, 4) is 0 Å². The Labute approximate surface area is 112 Å². The van der Waals surface area contributed by atoms with Gasteiger partial charge in [-0.25, -0.2) is 0 Å². The summed E-state index contributed by atoms with van der Waals surface area (Å²) in [6.45, 7) is 4.52. The van der Waals surface area contributed by atoms with Gasteiger partial charge in [0, 0.05) is 9.37 Å². The summed E-state index contributed by atoms with van der Waals surface area (Å²) in [6.07, 6.45) is 3.80. The van der Waals surface area contributed by atoms with Crippen LogP contribution in [0.3, 0.4) is 0 Å². The Hall–Kier alpha value is 0.01000. The first-order valence-corrected chi connectivity index (χ1v) is 7.70. The van der Waals surface area contributed by atoms with E-state index >= 15 is 0 Å². The van der Waals surface area contributed by atoms with Gasteiger partial charge in [-0.2, -0.15) is 0 Å². The molecule has 0 aliphatic carbocycles. The molecule has 0 saturated heterocycles. The van der Waals surface area contributed by atoms with Crippen LogP contribution in [0, 0.1) is 0 Å². The number of halogens is 1. The van der Waals surface area contributed by atoms with E-state index in [4.69, 9.17) is 0 Å². The first-order chi connectivity index (χ1) is 7.83. The number of thioether (sulfide) groups is 1. The minimum atomic E-state index is 1.15. The predicted molar refractivity (Wildman–Crippen MR) is 77.3 cm³/mol. The second-order valence-electron chi connectivity index (χ2n) is 3.76. The van der Waals surface area contributed by atoms with E-state index in [9.17, 15) is 0 Å². The third-order valence-corrected chi connectivity index (χ3v) is 3.88. The molecule has 0 amide bonds. The molecule has 0 spiro atoms. The van der Waals surface area contributed by atoms with E-state index in [0.717, 1.165) is 17.6 Å². The molecule has 0 atom stereocenters. The summed E-state index contributed by atoms with van der Waals surface area (Å²) < 4.78 is 1.15. The van der Waals surface area contributed by atoms with Gasteiger partial charge in [-0.15, -0.1) is 11.8 Å². The van der Waals surface area contributed by atoms with Crippen LogP contribution in [0.4, 0.5) is 0 Å². The van der Waals surface area contributed by atoms with Crippen molar-refractivity contribution in [3.05, 3.63) is 28.7 Å². The number of hydrogen-bond acceptors (Lipinski definition) is 2. The molecule has 1 N–H and O–H groups in total. The van der Waals surface area contributed by atoms with Gasteiger partial charge in [0.15, 0.2) is 0 Å². The van der Waals surface area contributed by atoms with E-state index in [-0.39, 0.29) is 0 Å². The maximum absolute atomic E-state index is 3.44. The van der Waals surface area contributed by atoms with Crippen LogP contribution in [0.1, 0.15) is 26.2 Å². The largest absolute Gasteiger partial charge is 0.317 e. The maximum Gasteiger partial charge on any atom is 0.0176 e. The molecule has 0 bridgehead atoms. The Morgan fingerprint density at radius 1 is 1.12 bits per heavy atom. The Balaban J connectivity index is 2.01. The number of rotatable bonds is 8. The molecule has 3 heteroatoms. The zero-order valence-corrected chi connectivity index (χ0v) is 12.2. The molecule has 0 unspecified atom stereocenters. The van der Waals surface area contributed by atoms with Crippen molar-refractivity contribution in [2.24, 2.45) is 0 Å². The lowest BCUT2D eigenvalue weighted by atomic mass is 10.3. The first-order valence-electron chi connectivity index (χ1n) is 5.92. The van der Waals surface area contributed by atoms with Crippen LogP contribution in [0.15, 0.2) is 33.6 Å². The van der Waals surface area contributed by atoms with Crippen molar-refractivity contribution in [3.63, 3.8) is 0 Å². The second kappa shape index (κ2) is 9.08. The zero-order valence-electron chi connectivity index (χ0n) is 9.84. The topological polar surface area (TPSA) is 12.0 Å². The van der Waals surface area contributed by atoms with Gasteiger partial charge in [0.25, 0.3) is 0 Å². The minimum Gasteiger partial charge on any atom is -0.317 e. The normalized spacial score (nSPS) is 10.6. The van der Waals surface area contributed by atoms with Gasteiger partial charge in [0.1, 0.15) is 0 Å². The van der Waals surface area contributed by atoms with Crippen molar-refractivity contribution in [1.29, 1.82) is 0 Å². The molecule has 90 valence electrons. The molecule has 0 aromatic heterocycles. The minimum absolute atomic E-state index is 1.15. The standard InChI is InChI=1S/C13H20BrNS/c1-2-9-15-10-3-4-11-16-13-7-5-12(14)6-8-13/h5-8,15H,2-4,9-11H2,1H3. The van der Waals surface area contributed by atoms with Crippen molar-refractivity contribution < 1.29 is 0 Å². The maximum atomic E-state index is 3.44. The molecule has 0 aliphatic rings. The van der Waals surface area contributed by atoms with Gasteiger partial charge >= 0.3 is 0 Å². The molecule has 1 rings (SSSR count). The number of benzene rings is 1. The molecule has 0 saturated carbocycles. The van der Waals surface area contributed by atoms with Gasteiger partial charge in [-0.05, 0) is 62.4 Å². The second-order valence-corrected chi connectivity index (χ2v) is 5.84. The first kappa shape index (κ1) is 14.1. The summed E-state index contributed by atoms with van der Waals surface area (Å²) in [4.78, 5) is 1.37. The molecular weight excluding hydrogens is 282 g/mol.